The second-order valence-corrected chi connectivity index (χ2v) is 3.42. The maximum Gasteiger partial charge on any atom is 0.574 e. The molecule has 0 saturated carbocycles. The summed E-state index contributed by atoms with van der Waals surface area (Å²) in [6, 6.07) is 0. The van der Waals surface area contributed by atoms with Crippen LogP contribution in [0.1, 0.15) is 15.9 Å². The lowest BCUT2D eigenvalue weighted by molar-refractivity contribution is -0.276. The Bertz CT molecular complexity index is 540. The molecule has 0 aliphatic heterocycles. The number of nitrogens with zero attached hydrogens (tertiary/aromatic N) is 1. The third-order valence-corrected chi connectivity index (χ3v) is 2.11. The molecule has 0 fully saturated rings. The third kappa shape index (κ3) is 3.89. The molecule has 0 aliphatic rings. The van der Waals surface area contributed by atoms with E-state index in [2.05, 4.69) is 19.2 Å². The van der Waals surface area contributed by atoms with Crippen LogP contribution in [0.3, 0.4) is 0 Å². The summed E-state index contributed by atoms with van der Waals surface area (Å²) in [4.78, 5) is 14.3. The third-order valence-electron chi connectivity index (χ3n) is 2.11. The number of esters is 1. The molecule has 0 unspecified atom stereocenters. The first-order valence-electron chi connectivity index (χ1n) is 4.99. The van der Waals surface area contributed by atoms with Crippen molar-refractivity contribution < 1.29 is 45.3 Å². The molecule has 0 aliphatic carbocycles. The quantitative estimate of drug-likeness (QED) is 0.633. The van der Waals surface area contributed by atoms with E-state index in [-0.39, 0.29) is 6.20 Å². The number of methoxy groups -OCH3 is 2. The lowest BCUT2D eigenvalue weighted by atomic mass is 10.1. The molecule has 0 N–H and O–H groups in total. The topological polar surface area (TPSA) is 57.7 Å². The van der Waals surface area contributed by atoms with Gasteiger partial charge < -0.3 is 14.2 Å². The molecule has 0 amide bonds. The van der Waals surface area contributed by atoms with E-state index in [0.29, 0.717) is 0 Å². The Balaban J connectivity index is 3.58. The summed E-state index contributed by atoms with van der Waals surface area (Å²) in [5.41, 5.74) is -2.76. The number of carbonyl (C=O) groups is 1. The van der Waals surface area contributed by atoms with Crippen molar-refractivity contribution in [3.63, 3.8) is 0 Å². The van der Waals surface area contributed by atoms with Gasteiger partial charge in [-0.3, -0.25) is 0 Å². The van der Waals surface area contributed by atoms with Crippen LogP contribution in [0, 0.1) is 0 Å². The van der Waals surface area contributed by atoms with Crippen LogP contribution in [-0.2, 0) is 10.9 Å². The number of halogens is 6. The number of aromatic nitrogens is 1. The fourth-order valence-corrected chi connectivity index (χ4v) is 1.36. The van der Waals surface area contributed by atoms with Gasteiger partial charge >= 0.3 is 18.5 Å². The van der Waals surface area contributed by atoms with E-state index in [4.69, 9.17) is 0 Å². The van der Waals surface area contributed by atoms with Gasteiger partial charge in [-0.15, -0.1) is 13.2 Å². The fourth-order valence-electron chi connectivity index (χ4n) is 1.36. The molecule has 0 spiro atoms. The van der Waals surface area contributed by atoms with E-state index in [0.717, 1.165) is 14.2 Å². The van der Waals surface area contributed by atoms with E-state index < -0.39 is 41.3 Å². The van der Waals surface area contributed by atoms with Gasteiger partial charge in [-0.1, -0.05) is 0 Å². The Labute approximate surface area is 113 Å². The van der Waals surface area contributed by atoms with Crippen molar-refractivity contribution in [1.82, 2.24) is 4.98 Å². The number of ether oxygens (including phenoxy) is 3. The Morgan fingerprint density at radius 3 is 2.10 bits per heavy atom. The van der Waals surface area contributed by atoms with Crippen LogP contribution in [0.2, 0.25) is 0 Å². The van der Waals surface area contributed by atoms with E-state index in [1.807, 2.05) is 0 Å². The van der Waals surface area contributed by atoms with Crippen LogP contribution in [0.5, 0.6) is 11.6 Å². The molecule has 0 atom stereocenters. The maximum atomic E-state index is 12.7. The van der Waals surface area contributed by atoms with Crippen LogP contribution in [-0.4, -0.2) is 31.5 Å². The first kappa shape index (κ1) is 16.9. The summed E-state index contributed by atoms with van der Waals surface area (Å²) in [6.45, 7) is 0. The monoisotopic (exact) mass is 319 g/mol. The first-order valence-corrected chi connectivity index (χ1v) is 4.99. The predicted octanol–water partition coefficient (Wildman–Crippen LogP) is 2.79. The van der Waals surface area contributed by atoms with E-state index in [1.165, 1.54) is 0 Å². The summed E-state index contributed by atoms with van der Waals surface area (Å²) in [6.07, 6.45) is -10.2. The molecule has 1 aromatic heterocycles. The molecule has 5 nitrogen and oxygen atoms in total. The number of pyridine rings is 1. The molecule has 0 bridgehead atoms. The summed E-state index contributed by atoms with van der Waals surface area (Å²) >= 11 is 0. The predicted molar refractivity (Wildman–Crippen MR) is 53.8 cm³/mol. The van der Waals surface area contributed by atoms with E-state index in [1.54, 1.807) is 0 Å². The highest BCUT2D eigenvalue weighted by Gasteiger charge is 2.41. The summed E-state index contributed by atoms with van der Waals surface area (Å²) < 4.78 is 86.6. The van der Waals surface area contributed by atoms with Gasteiger partial charge in [0.15, 0.2) is 11.3 Å². The number of hydrogen-bond donors (Lipinski definition) is 0. The van der Waals surface area contributed by atoms with Gasteiger partial charge in [0.25, 0.3) is 0 Å². The molecule has 11 heteroatoms. The molecule has 1 aromatic rings. The highest BCUT2D eigenvalue weighted by molar-refractivity contribution is 5.95. The Morgan fingerprint density at radius 2 is 1.71 bits per heavy atom. The lowest BCUT2D eigenvalue weighted by Crippen LogP contribution is -2.22. The second kappa shape index (κ2) is 5.66. The van der Waals surface area contributed by atoms with Crippen LogP contribution in [0.4, 0.5) is 26.3 Å². The minimum Gasteiger partial charge on any atom is -0.495 e. The zero-order chi connectivity index (χ0) is 16.4. The second-order valence-electron chi connectivity index (χ2n) is 3.42. The van der Waals surface area contributed by atoms with Gasteiger partial charge in [0, 0.05) is 6.20 Å². The van der Waals surface area contributed by atoms with Crippen molar-refractivity contribution >= 4 is 5.97 Å². The van der Waals surface area contributed by atoms with Crippen molar-refractivity contribution in [2.75, 3.05) is 14.2 Å². The van der Waals surface area contributed by atoms with Crippen molar-refractivity contribution in [2.45, 2.75) is 12.5 Å². The Kier molecular flexibility index (Phi) is 4.54. The smallest absolute Gasteiger partial charge is 0.495 e. The highest BCUT2D eigenvalue weighted by Crippen LogP contribution is 2.41. The molecule has 21 heavy (non-hydrogen) atoms. The van der Waals surface area contributed by atoms with Gasteiger partial charge in [-0.25, -0.2) is 9.78 Å². The molecule has 0 radical (unpaired) electrons. The molecule has 1 heterocycles. The summed E-state index contributed by atoms with van der Waals surface area (Å²) in [5, 5.41) is 0. The SMILES string of the molecule is COC(=O)c1c(OC(F)(F)F)ncc(C(F)(F)F)c1OC. The lowest BCUT2D eigenvalue weighted by Gasteiger charge is -2.17. The largest absolute Gasteiger partial charge is 0.574 e. The van der Waals surface area contributed by atoms with Crippen LogP contribution in [0.15, 0.2) is 6.20 Å². The van der Waals surface area contributed by atoms with Crippen molar-refractivity contribution in [3.8, 4) is 11.6 Å². The van der Waals surface area contributed by atoms with E-state index in [9.17, 15) is 31.1 Å². The van der Waals surface area contributed by atoms with Crippen molar-refractivity contribution in [2.24, 2.45) is 0 Å². The summed E-state index contributed by atoms with van der Waals surface area (Å²) in [7, 11) is 1.51. The maximum absolute atomic E-state index is 12.7. The Morgan fingerprint density at radius 1 is 1.14 bits per heavy atom. The molecule has 1 rings (SSSR count). The van der Waals surface area contributed by atoms with Gasteiger partial charge in [0.2, 0.25) is 5.88 Å². The van der Waals surface area contributed by atoms with Crippen molar-refractivity contribution in [1.29, 1.82) is 0 Å². The highest BCUT2D eigenvalue weighted by atomic mass is 19.4. The number of alkyl halides is 6. The first-order chi connectivity index (χ1) is 9.51. The average Bonchev–Trinajstić information content (AvgIpc) is 2.33. The number of hydrogen-bond acceptors (Lipinski definition) is 5. The van der Waals surface area contributed by atoms with Gasteiger partial charge in [-0.05, 0) is 0 Å². The normalized spacial score (nSPS) is 12.0. The molecule has 118 valence electrons. The van der Waals surface area contributed by atoms with Crippen molar-refractivity contribution in [3.05, 3.63) is 17.3 Å². The van der Waals surface area contributed by atoms with Gasteiger partial charge in [0.05, 0.1) is 14.2 Å². The minimum atomic E-state index is -5.26. The molecule has 0 aromatic carbocycles. The van der Waals surface area contributed by atoms with Crippen LogP contribution < -0.4 is 9.47 Å². The number of rotatable bonds is 3. The zero-order valence-corrected chi connectivity index (χ0v) is 10.4. The summed E-state index contributed by atoms with van der Waals surface area (Å²) in [5.74, 6) is -4.10. The zero-order valence-electron chi connectivity index (χ0n) is 10.4. The molecule has 0 saturated heterocycles. The molecular formula is C10H7F6NO4. The van der Waals surface area contributed by atoms with Crippen LogP contribution >= 0.6 is 0 Å². The Hall–Kier alpha value is -2.20. The van der Waals surface area contributed by atoms with E-state index >= 15 is 0 Å². The fraction of sp³-hybridized carbons (Fsp3) is 0.400. The van der Waals surface area contributed by atoms with Crippen LogP contribution in [0.25, 0.3) is 0 Å². The molecular weight excluding hydrogens is 312 g/mol. The van der Waals surface area contributed by atoms with Gasteiger partial charge in [-0.2, -0.15) is 13.2 Å². The minimum absolute atomic E-state index is 0.0619. The standard InChI is InChI=1S/C10H7F6NO4/c1-19-6-4(9(11,12)13)3-17-7(21-10(14,15)16)5(6)8(18)20-2/h3H,1-2H3. The average molecular weight is 319 g/mol. The number of carbonyl (C=O) groups excluding carboxylic acids is 1. The van der Waals surface area contributed by atoms with Gasteiger partial charge in [0.1, 0.15) is 5.56 Å².